The summed E-state index contributed by atoms with van der Waals surface area (Å²) in [6.07, 6.45) is 1.20. The molecule has 0 unspecified atom stereocenters. The molecular weight excluding hydrogens is 387 g/mol. The highest BCUT2D eigenvalue weighted by molar-refractivity contribution is 6.39. The predicted octanol–water partition coefficient (Wildman–Crippen LogP) is 3.93. The van der Waals surface area contributed by atoms with Crippen molar-refractivity contribution in [3.8, 4) is 5.75 Å². The lowest BCUT2D eigenvalue weighted by Crippen LogP contribution is -2.54. The lowest BCUT2D eigenvalue weighted by atomic mass is 10.1. The van der Waals surface area contributed by atoms with Crippen molar-refractivity contribution >= 4 is 41.2 Å². The van der Waals surface area contributed by atoms with E-state index in [9.17, 15) is 18.8 Å². The van der Waals surface area contributed by atoms with Gasteiger partial charge in [-0.1, -0.05) is 29.8 Å². The molecule has 4 amide bonds. The Labute approximate surface area is 165 Å². The van der Waals surface area contributed by atoms with Crippen LogP contribution in [-0.4, -0.2) is 23.9 Å². The quantitative estimate of drug-likeness (QED) is 0.621. The number of imide groups is 2. The van der Waals surface area contributed by atoms with E-state index in [2.05, 4.69) is 0 Å². The van der Waals surface area contributed by atoms with Crippen LogP contribution in [0.15, 0.2) is 48.0 Å². The van der Waals surface area contributed by atoms with E-state index in [1.54, 1.807) is 12.1 Å². The molecule has 0 radical (unpaired) electrons. The van der Waals surface area contributed by atoms with Gasteiger partial charge in [0, 0.05) is 0 Å². The molecule has 1 saturated heterocycles. The van der Waals surface area contributed by atoms with E-state index >= 15 is 0 Å². The van der Waals surface area contributed by atoms with Gasteiger partial charge in [0.05, 0.1) is 16.8 Å². The number of urea groups is 1. The molecule has 0 aromatic heterocycles. The van der Waals surface area contributed by atoms with Gasteiger partial charge in [-0.15, -0.1) is 0 Å². The fourth-order valence-corrected chi connectivity index (χ4v) is 2.87. The first-order valence-corrected chi connectivity index (χ1v) is 8.78. The number of nitrogens with one attached hydrogen (secondary N) is 1. The number of anilines is 1. The smallest absolute Gasteiger partial charge is 0.336 e. The molecule has 144 valence electrons. The molecule has 0 bridgehead atoms. The second-order valence-electron chi connectivity index (χ2n) is 6.27. The number of amides is 4. The Kier molecular flexibility index (Phi) is 5.46. The second kappa shape index (κ2) is 7.82. The van der Waals surface area contributed by atoms with Gasteiger partial charge in [-0.2, -0.15) is 0 Å². The van der Waals surface area contributed by atoms with Gasteiger partial charge in [0.15, 0.2) is 0 Å². The minimum atomic E-state index is -1.02. The molecule has 8 heteroatoms. The summed E-state index contributed by atoms with van der Waals surface area (Å²) in [7, 11) is 0. The lowest BCUT2D eigenvalue weighted by Gasteiger charge is -2.26. The van der Waals surface area contributed by atoms with E-state index in [0.29, 0.717) is 21.2 Å². The number of barbiturate groups is 1. The van der Waals surface area contributed by atoms with Gasteiger partial charge in [0.1, 0.15) is 17.1 Å². The van der Waals surface area contributed by atoms with Crippen molar-refractivity contribution in [1.29, 1.82) is 0 Å². The summed E-state index contributed by atoms with van der Waals surface area (Å²) in [5.41, 5.74) is -0.124. The highest BCUT2D eigenvalue weighted by atomic mass is 35.5. The van der Waals surface area contributed by atoms with E-state index in [4.69, 9.17) is 16.3 Å². The lowest BCUT2D eigenvalue weighted by molar-refractivity contribution is -0.122. The Morgan fingerprint density at radius 2 is 1.86 bits per heavy atom. The molecule has 0 atom stereocenters. The molecule has 0 saturated carbocycles. The van der Waals surface area contributed by atoms with E-state index in [0.717, 1.165) is 6.07 Å². The van der Waals surface area contributed by atoms with Gasteiger partial charge in [0.2, 0.25) is 0 Å². The summed E-state index contributed by atoms with van der Waals surface area (Å²) in [5.74, 6) is -2.11. The number of hydrogen-bond acceptors (Lipinski definition) is 4. The summed E-state index contributed by atoms with van der Waals surface area (Å²) < 4.78 is 19.6. The monoisotopic (exact) mass is 402 g/mol. The number of ether oxygens (including phenoxy) is 1. The highest BCUT2D eigenvalue weighted by Crippen LogP contribution is 2.29. The third-order valence-electron chi connectivity index (χ3n) is 3.82. The third-order valence-corrected chi connectivity index (χ3v) is 4.12. The van der Waals surface area contributed by atoms with Crippen LogP contribution in [0.5, 0.6) is 5.75 Å². The molecule has 1 N–H and O–H groups in total. The zero-order chi connectivity index (χ0) is 20.4. The number of carbonyl (C=O) groups is 3. The zero-order valence-corrected chi connectivity index (χ0v) is 15.8. The number of hydrogen-bond donors (Lipinski definition) is 1. The van der Waals surface area contributed by atoms with Gasteiger partial charge in [-0.3, -0.25) is 14.9 Å². The molecular formula is C20H16ClFN2O4. The number of carbonyl (C=O) groups excluding carboxylic acids is 3. The van der Waals surface area contributed by atoms with E-state index in [1.165, 1.54) is 30.3 Å². The van der Waals surface area contributed by atoms with Gasteiger partial charge in [-0.05, 0) is 49.8 Å². The van der Waals surface area contributed by atoms with Crippen LogP contribution < -0.4 is 15.0 Å². The first kappa shape index (κ1) is 19.6. The largest absolute Gasteiger partial charge is 0.489 e. The number of para-hydroxylation sites is 1. The Bertz CT molecular complexity index is 1000. The van der Waals surface area contributed by atoms with Crippen LogP contribution in [0.3, 0.4) is 0 Å². The van der Waals surface area contributed by atoms with Crippen molar-refractivity contribution in [2.75, 3.05) is 4.90 Å². The number of nitrogens with zero attached hydrogens (tertiary/aromatic N) is 1. The van der Waals surface area contributed by atoms with Gasteiger partial charge >= 0.3 is 6.03 Å². The molecule has 3 rings (SSSR count). The van der Waals surface area contributed by atoms with Crippen LogP contribution in [0.2, 0.25) is 5.02 Å². The van der Waals surface area contributed by atoms with Crippen LogP contribution >= 0.6 is 11.6 Å². The molecule has 1 heterocycles. The number of halogens is 2. The summed E-state index contributed by atoms with van der Waals surface area (Å²) in [5, 5.41) is 2.34. The van der Waals surface area contributed by atoms with E-state index in [-0.39, 0.29) is 17.4 Å². The topological polar surface area (TPSA) is 75.7 Å². The summed E-state index contributed by atoms with van der Waals surface area (Å²) >= 11 is 6.18. The fourth-order valence-electron chi connectivity index (χ4n) is 2.63. The third kappa shape index (κ3) is 3.89. The zero-order valence-electron chi connectivity index (χ0n) is 15.0. The maximum absolute atomic E-state index is 14.1. The van der Waals surface area contributed by atoms with Gasteiger partial charge in [-0.25, -0.2) is 14.1 Å². The Morgan fingerprint density at radius 3 is 2.50 bits per heavy atom. The normalized spacial score (nSPS) is 16.0. The molecule has 0 spiro atoms. The SMILES string of the molecule is CC(C)Oc1ccc(/C=C2/C(=O)NC(=O)N(c3ccccc3F)C2=O)cc1Cl. The second-order valence-corrected chi connectivity index (χ2v) is 6.67. The van der Waals surface area contributed by atoms with Crippen molar-refractivity contribution in [2.24, 2.45) is 0 Å². The minimum Gasteiger partial charge on any atom is -0.489 e. The molecule has 28 heavy (non-hydrogen) atoms. The van der Waals surface area contributed by atoms with Crippen LogP contribution in [0.25, 0.3) is 6.08 Å². The van der Waals surface area contributed by atoms with E-state index < -0.39 is 23.7 Å². The molecule has 2 aromatic carbocycles. The van der Waals surface area contributed by atoms with Crippen LogP contribution in [0.4, 0.5) is 14.9 Å². The van der Waals surface area contributed by atoms with Crippen LogP contribution in [0, 0.1) is 5.82 Å². The first-order valence-electron chi connectivity index (χ1n) is 8.40. The first-order chi connectivity index (χ1) is 13.3. The van der Waals surface area contributed by atoms with Crippen LogP contribution in [0.1, 0.15) is 19.4 Å². The molecule has 1 fully saturated rings. The standard InChI is InChI=1S/C20H16ClFN2O4/c1-11(2)28-17-8-7-12(10-14(17)21)9-13-18(25)23-20(27)24(19(13)26)16-6-4-3-5-15(16)22/h3-11H,1-2H3,(H,23,25,27)/b13-9-. The van der Waals surface area contributed by atoms with Crippen molar-refractivity contribution in [3.05, 3.63) is 64.4 Å². The Balaban J connectivity index is 1.98. The summed E-state index contributed by atoms with van der Waals surface area (Å²) in [6, 6.07) is 9.02. The van der Waals surface area contributed by atoms with Crippen LogP contribution in [-0.2, 0) is 9.59 Å². The maximum Gasteiger partial charge on any atom is 0.336 e. The average molecular weight is 403 g/mol. The van der Waals surface area contributed by atoms with Gasteiger partial charge < -0.3 is 4.74 Å². The number of benzene rings is 2. The van der Waals surface area contributed by atoms with Crippen molar-refractivity contribution in [3.63, 3.8) is 0 Å². The average Bonchev–Trinajstić information content (AvgIpc) is 2.62. The summed E-state index contributed by atoms with van der Waals surface area (Å²) in [4.78, 5) is 37.6. The summed E-state index contributed by atoms with van der Waals surface area (Å²) in [6.45, 7) is 3.71. The Hall–Kier alpha value is -3.19. The molecule has 0 aliphatic carbocycles. The highest BCUT2D eigenvalue weighted by Gasteiger charge is 2.37. The minimum absolute atomic E-state index is 0.0762. The van der Waals surface area contributed by atoms with Crippen molar-refractivity contribution in [2.45, 2.75) is 20.0 Å². The molecule has 6 nitrogen and oxygen atoms in total. The van der Waals surface area contributed by atoms with E-state index in [1.807, 2.05) is 19.2 Å². The molecule has 2 aromatic rings. The Morgan fingerprint density at radius 1 is 1.14 bits per heavy atom. The molecule has 1 aliphatic heterocycles. The fraction of sp³-hybridized carbons (Fsp3) is 0.150. The molecule has 1 aliphatic rings. The van der Waals surface area contributed by atoms with Gasteiger partial charge in [0.25, 0.3) is 11.8 Å². The van der Waals surface area contributed by atoms with Crippen molar-refractivity contribution < 1.29 is 23.5 Å². The maximum atomic E-state index is 14.1. The predicted molar refractivity (Wildman–Crippen MR) is 103 cm³/mol. The van der Waals surface area contributed by atoms with Crippen molar-refractivity contribution in [1.82, 2.24) is 5.32 Å². The number of rotatable bonds is 4.